The SMILES string of the molecule is CC(C)[C@@H]1CC[C@@H](C)C[C@H]1C(=O)CC[C@H](Cc1ccccc1)NC(=O)CN.Cl. The van der Waals surface area contributed by atoms with Crippen LogP contribution in [-0.2, 0) is 16.0 Å². The molecule has 1 aromatic rings. The summed E-state index contributed by atoms with van der Waals surface area (Å²) in [6, 6.07) is 10.0. The first kappa shape index (κ1) is 24.6. The van der Waals surface area contributed by atoms with Gasteiger partial charge in [0.05, 0.1) is 6.54 Å². The number of hydrogen-bond acceptors (Lipinski definition) is 3. The molecule has 1 aromatic carbocycles. The fourth-order valence-corrected chi connectivity index (χ4v) is 4.48. The second-order valence-corrected chi connectivity index (χ2v) is 8.60. The van der Waals surface area contributed by atoms with E-state index >= 15 is 0 Å². The van der Waals surface area contributed by atoms with E-state index in [1.54, 1.807) is 0 Å². The lowest BCUT2D eigenvalue weighted by atomic mass is 9.68. The molecule has 0 radical (unpaired) electrons. The van der Waals surface area contributed by atoms with E-state index in [1.165, 1.54) is 12.0 Å². The Labute approximate surface area is 176 Å². The Hall–Kier alpha value is -1.39. The molecule has 1 aliphatic carbocycles. The first-order valence-corrected chi connectivity index (χ1v) is 10.5. The zero-order valence-corrected chi connectivity index (χ0v) is 18.3. The van der Waals surface area contributed by atoms with Crippen molar-refractivity contribution in [1.82, 2.24) is 5.32 Å². The Morgan fingerprint density at radius 1 is 1.18 bits per heavy atom. The van der Waals surface area contributed by atoms with Crippen molar-refractivity contribution in [2.45, 2.75) is 65.3 Å². The normalized spacial score (nSPS) is 23.0. The largest absolute Gasteiger partial charge is 0.352 e. The molecule has 0 saturated heterocycles. The quantitative estimate of drug-likeness (QED) is 0.644. The monoisotopic (exact) mass is 408 g/mol. The highest BCUT2D eigenvalue weighted by Crippen LogP contribution is 2.39. The van der Waals surface area contributed by atoms with Gasteiger partial charge in [-0.05, 0) is 49.0 Å². The van der Waals surface area contributed by atoms with Gasteiger partial charge in [0.15, 0.2) is 0 Å². The summed E-state index contributed by atoms with van der Waals surface area (Å²) in [6.45, 7) is 6.71. The number of nitrogens with one attached hydrogen (secondary N) is 1. The lowest BCUT2D eigenvalue weighted by molar-refractivity contribution is -0.127. The van der Waals surface area contributed by atoms with E-state index in [9.17, 15) is 9.59 Å². The molecule has 0 aliphatic heterocycles. The minimum absolute atomic E-state index is 0. The molecule has 28 heavy (non-hydrogen) atoms. The Balaban J connectivity index is 0.00000392. The summed E-state index contributed by atoms with van der Waals surface area (Å²) >= 11 is 0. The number of amides is 1. The lowest BCUT2D eigenvalue weighted by Gasteiger charge is -2.36. The predicted octanol–water partition coefficient (Wildman–Crippen LogP) is 4.15. The maximum absolute atomic E-state index is 13.0. The summed E-state index contributed by atoms with van der Waals surface area (Å²) in [6.07, 6.45) is 5.34. The van der Waals surface area contributed by atoms with Crippen molar-refractivity contribution < 1.29 is 9.59 Å². The van der Waals surface area contributed by atoms with Crippen molar-refractivity contribution in [3.8, 4) is 0 Å². The average Bonchev–Trinajstić information content (AvgIpc) is 2.66. The zero-order chi connectivity index (χ0) is 19.8. The van der Waals surface area contributed by atoms with Gasteiger partial charge in [-0.1, -0.05) is 57.5 Å². The van der Waals surface area contributed by atoms with Crippen molar-refractivity contribution in [2.24, 2.45) is 29.4 Å². The minimum Gasteiger partial charge on any atom is -0.352 e. The molecule has 0 heterocycles. The number of Topliss-reactive ketones (excluding diaryl/α,β-unsaturated/α-hetero) is 1. The number of ketones is 1. The lowest BCUT2D eigenvalue weighted by Crippen LogP contribution is -2.41. The van der Waals surface area contributed by atoms with Gasteiger partial charge < -0.3 is 11.1 Å². The Kier molecular flexibility index (Phi) is 10.8. The summed E-state index contributed by atoms with van der Waals surface area (Å²) in [7, 11) is 0. The van der Waals surface area contributed by atoms with Crippen LogP contribution in [0.3, 0.4) is 0 Å². The first-order valence-electron chi connectivity index (χ1n) is 10.5. The van der Waals surface area contributed by atoms with Crippen LogP contribution in [0.4, 0.5) is 0 Å². The van der Waals surface area contributed by atoms with Gasteiger partial charge in [-0.25, -0.2) is 0 Å². The molecule has 0 bridgehead atoms. The van der Waals surface area contributed by atoms with Crippen LogP contribution in [0.2, 0.25) is 0 Å². The molecular formula is C23H37ClN2O2. The van der Waals surface area contributed by atoms with E-state index in [0.29, 0.717) is 36.4 Å². The Bertz CT molecular complexity index is 606. The highest BCUT2D eigenvalue weighted by molar-refractivity contribution is 5.85. The van der Waals surface area contributed by atoms with Crippen molar-refractivity contribution in [1.29, 1.82) is 0 Å². The van der Waals surface area contributed by atoms with Crippen molar-refractivity contribution in [2.75, 3.05) is 6.54 Å². The molecule has 1 saturated carbocycles. The number of rotatable bonds is 9. The molecular weight excluding hydrogens is 372 g/mol. The topological polar surface area (TPSA) is 72.2 Å². The Morgan fingerprint density at radius 2 is 1.86 bits per heavy atom. The molecule has 1 fully saturated rings. The van der Waals surface area contributed by atoms with Crippen LogP contribution in [0.15, 0.2) is 30.3 Å². The van der Waals surface area contributed by atoms with E-state index in [0.717, 1.165) is 19.3 Å². The third-order valence-electron chi connectivity index (χ3n) is 6.05. The van der Waals surface area contributed by atoms with E-state index < -0.39 is 0 Å². The second-order valence-electron chi connectivity index (χ2n) is 8.60. The number of carbonyl (C=O) groups excluding carboxylic acids is 2. The van der Waals surface area contributed by atoms with E-state index in [-0.39, 0.29) is 36.8 Å². The molecule has 3 N–H and O–H groups in total. The fourth-order valence-electron chi connectivity index (χ4n) is 4.48. The number of benzene rings is 1. The van der Waals surface area contributed by atoms with Crippen LogP contribution >= 0.6 is 12.4 Å². The minimum atomic E-state index is -0.158. The summed E-state index contributed by atoms with van der Waals surface area (Å²) in [5.74, 6) is 2.07. The smallest absolute Gasteiger partial charge is 0.233 e. The van der Waals surface area contributed by atoms with Gasteiger partial charge in [-0.2, -0.15) is 0 Å². The molecule has 158 valence electrons. The first-order chi connectivity index (χ1) is 12.9. The van der Waals surface area contributed by atoms with Gasteiger partial charge in [-0.15, -0.1) is 12.4 Å². The summed E-state index contributed by atoms with van der Waals surface area (Å²) in [5.41, 5.74) is 6.64. The van der Waals surface area contributed by atoms with Gasteiger partial charge in [0.25, 0.3) is 0 Å². The average molecular weight is 409 g/mol. The predicted molar refractivity (Wildman–Crippen MR) is 117 cm³/mol. The maximum Gasteiger partial charge on any atom is 0.233 e. The van der Waals surface area contributed by atoms with E-state index in [4.69, 9.17) is 5.73 Å². The third kappa shape index (κ3) is 7.56. The summed E-state index contributed by atoms with van der Waals surface area (Å²) < 4.78 is 0. The highest BCUT2D eigenvalue weighted by atomic mass is 35.5. The van der Waals surface area contributed by atoms with Gasteiger partial charge in [-0.3, -0.25) is 9.59 Å². The molecule has 2 rings (SSSR count). The van der Waals surface area contributed by atoms with Crippen LogP contribution < -0.4 is 11.1 Å². The number of carbonyl (C=O) groups is 2. The van der Waals surface area contributed by atoms with Crippen molar-refractivity contribution >= 4 is 24.1 Å². The molecule has 0 spiro atoms. The van der Waals surface area contributed by atoms with Crippen LogP contribution in [0.25, 0.3) is 0 Å². The molecule has 0 unspecified atom stereocenters. The van der Waals surface area contributed by atoms with Gasteiger partial charge in [0.2, 0.25) is 5.91 Å². The highest BCUT2D eigenvalue weighted by Gasteiger charge is 2.35. The number of halogens is 1. The van der Waals surface area contributed by atoms with Crippen LogP contribution in [0, 0.1) is 23.7 Å². The molecule has 1 aliphatic rings. The van der Waals surface area contributed by atoms with E-state index in [1.807, 2.05) is 18.2 Å². The van der Waals surface area contributed by atoms with Crippen LogP contribution in [0.5, 0.6) is 0 Å². The zero-order valence-electron chi connectivity index (χ0n) is 17.5. The summed E-state index contributed by atoms with van der Waals surface area (Å²) in [5, 5.41) is 3.00. The molecule has 4 atom stereocenters. The van der Waals surface area contributed by atoms with Gasteiger partial charge >= 0.3 is 0 Å². The molecule has 4 nitrogen and oxygen atoms in total. The standard InChI is InChI=1S/C23H36N2O2.ClH/c1-16(2)20-11-9-17(3)13-21(20)22(26)12-10-19(25-23(27)15-24)14-18-7-5-4-6-8-18;/h4-8,16-17,19-21H,9-15,24H2,1-3H3,(H,25,27);1H/t17-,19-,20+,21-;/m1./s1. The molecule has 0 aromatic heterocycles. The van der Waals surface area contributed by atoms with Crippen LogP contribution in [-0.4, -0.2) is 24.3 Å². The van der Waals surface area contributed by atoms with Crippen molar-refractivity contribution in [3.05, 3.63) is 35.9 Å². The maximum atomic E-state index is 13.0. The second kappa shape index (κ2) is 12.2. The van der Waals surface area contributed by atoms with Gasteiger partial charge in [0.1, 0.15) is 5.78 Å². The van der Waals surface area contributed by atoms with Gasteiger partial charge in [0, 0.05) is 18.4 Å². The molecule has 1 amide bonds. The number of nitrogens with two attached hydrogens (primary N) is 1. The van der Waals surface area contributed by atoms with Crippen molar-refractivity contribution in [3.63, 3.8) is 0 Å². The van der Waals surface area contributed by atoms with E-state index in [2.05, 4.69) is 38.2 Å². The third-order valence-corrected chi connectivity index (χ3v) is 6.05. The number of hydrogen-bond donors (Lipinski definition) is 2. The fraction of sp³-hybridized carbons (Fsp3) is 0.652. The summed E-state index contributed by atoms with van der Waals surface area (Å²) in [4.78, 5) is 24.9. The Morgan fingerprint density at radius 3 is 2.46 bits per heavy atom. The molecule has 5 heteroatoms. The van der Waals surface area contributed by atoms with Crippen LogP contribution in [0.1, 0.15) is 58.4 Å².